The first-order valence-electron chi connectivity index (χ1n) is 9.22. The summed E-state index contributed by atoms with van der Waals surface area (Å²) in [6, 6.07) is 23.2. The minimum atomic E-state index is -3.14. The number of hydrogen-bond acceptors (Lipinski definition) is 3. The molecule has 0 spiro atoms. The Hall–Kier alpha value is -2.35. The van der Waals surface area contributed by atoms with E-state index in [4.69, 9.17) is 0 Å². The molecule has 0 amide bonds. The van der Waals surface area contributed by atoms with Crippen LogP contribution in [0.5, 0.6) is 0 Å². The summed E-state index contributed by atoms with van der Waals surface area (Å²) >= 11 is 0. The smallest absolute Gasteiger partial charge is 0.148 e. The van der Waals surface area contributed by atoms with Crippen molar-refractivity contribution in [1.29, 1.82) is 10.5 Å². The van der Waals surface area contributed by atoms with Gasteiger partial charge in [-0.05, 0) is 18.8 Å². The molecule has 132 valence electrons. The fraction of sp³-hybridized carbons (Fsp3) is 0.364. The lowest BCUT2D eigenvalue weighted by atomic mass is 9.83. The fourth-order valence-corrected chi connectivity index (χ4v) is 7.89. The van der Waals surface area contributed by atoms with Gasteiger partial charge in [0.1, 0.15) is 13.1 Å². The van der Waals surface area contributed by atoms with E-state index in [1.165, 1.54) is 6.42 Å². The van der Waals surface area contributed by atoms with Crippen LogP contribution in [0.3, 0.4) is 0 Å². The van der Waals surface area contributed by atoms with Crippen molar-refractivity contribution in [1.82, 2.24) is 0 Å². The van der Waals surface area contributed by atoms with Crippen LogP contribution in [0.4, 0.5) is 0 Å². The molecule has 0 aromatic heterocycles. The lowest BCUT2D eigenvalue weighted by molar-refractivity contribution is 0.328. The first kappa shape index (κ1) is 18.4. The summed E-state index contributed by atoms with van der Waals surface area (Å²) in [5.41, 5.74) is -0.456. The molecule has 3 nitrogen and oxygen atoms in total. The zero-order valence-corrected chi connectivity index (χ0v) is 15.7. The molecule has 0 N–H and O–H groups in total. The molecule has 0 heterocycles. The van der Waals surface area contributed by atoms with Crippen LogP contribution in [0, 0.1) is 34.5 Å². The van der Waals surface area contributed by atoms with Crippen LogP contribution in [0.15, 0.2) is 60.7 Å². The Morgan fingerprint density at radius 3 is 1.69 bits per heavy atom. The van der Waals surface area contributed by atoms with Gasteiger partial charge in [0.25, 0.3) is 0 Å². The molecule has 1 aliphatic carbocycles. The highest BCUT2D eigenvalue weighted by atomic mass is 31.2. The third-order valence-electron chi connectivity index (χ3n) is 5.45. The number of nitriles is 2. The number of nitrogens with zero attached hydrogens (tertiary/aromatic N) is 2. The summed E-state index contributed by atoms with van der Waals surface area (Å²) in [5, 5.41) is 20.9. The Morgan fingerprint density at radius 2 is 1.27 bits per heavy atom. The molecule has 0 saturated heterocycles. The van der Waals surface area contributed by atoms with Crippen molar-refractivity contribution in [2.45, 2.75) is 37.8 Å². The SMILES string of the molecule is N#CC(C#N)C(C1CCCCC1)P(=O)(c1ccccc1)c1ccccc1. The third kappa shape index (κ3) is 3.46. The highest BCUT2D eigenvalue weighted by Crippen LogP contribution is 2.56. The number of benzene rings is 2. The van der Waals surface area contributed by atoms with Gasteiger partial charge in [-0.15, -0.1) is 0 Å². The molecular formula is C22H23N2OP. The largest absolute Gasteiger partial charge is 0.313 e. The molecule has 3 rings (SSSR count). The molecule has 0 bridgehead atoms. The molecule has 1 saturated carbocycles. The van der Waals surface area contributed by atoms with Gasteiger partial charge in [0.15, 0.2) is 0 Å². The van der Waals surface area contributed by atoms with Gasteiger partial charge in [-0.2, -0.15) is 10.5 Å². The maximum Gasteiger partial charge on any atom is 0.148 e. The predicted octanol–water partition coefficient (Wildman–Crippen LogP) is 4.61. The predicted molar refractivity (Wildman–Crippen MR) is 105 cm³/mol. The Balaban J connectivity index is 2.21. The summed E-state index contributed by atoms with van der Waals surface area (Å²) in [5.74, 6) is -0.733. The lowest BCUT2D eigenvalue weighted by Gasteiger charge is -2.37. The van der Waals surface area contributed by atoms with Gasteiger partial charge in [-0.1, -0.05) is 79.9 Å². The monoisotopic (exact) mass is 362 g/mol. The fourth-order valence-electron chi connectivity index (χ4n) is 4.23. The van der Waals surface area contributed by atoms with Gasteiger partial charge < -0.3 is 4.57 Å². The lowest BCUT2D eigenvalue weighted by Crippen LogP contribution is -2.37. The van der Waals surface area contributed by atoms with Crippen molar-refractivity contribution in [2.24, 2.45) is 11.8 Å². The first-order chi connectivity index (χ1) is 12.7. The minimum Gasteiger partial charge on any atom is -0.313 e. The molecule has 1 atom stereocenters. The molecule has 1 aliphatic rings. The average molecular weight is 362 g/mol. The van der Waals surface area contributed by atoms with Crippen molar-refractivity contribution in [3.63, 3.8) is 0 Å². The van der Waals surface area contributed by atoms with Gasteiger partial charge in [0, 0.05) is 10.6 Å². The van der Waals surface area contributed by atoms with Crippen molar-refractivity contribution < 1.29 is 4.57 Å². The second-order valence-corrected chi connectivity index (χ2v) is 9.90. The standard InChI is InChI=1S/C22H23N2OP/c23-16-19(17-24)22(18-10-4-1-5-11-18)26(25,20-12-6-2-7-13-20)21-14-8-3-9-15-21/h2-3,6-9,12-15,18-19,22H,1,4-5,10-11H2. The Labute approximate surface area is 155 Å². The van der Waals surface area contributed by atoms with Gasteiger partial charge in [-0.25, -0.2) is 0 Å². The second-order valence-electron chi connectivity index (χ2n) is 6.95. The van der Waals surface area contributed by atoms with E-state index in [9.17, 15) is 15.1 Å². The topological polar surface area (TPSA) is 64.7 Å². The van der Waals surface area contributed by atoms with Crippen molar-refractivity contribution in [2.75, 3.05) is 0 Å². The quantitative estimate of drug-likeness (QED) is 0.730. The van der Waals surface area contributed by atoms with Crippen molar-refractivity contribution in [3.8, 4) is 12.1 Å². The summed E-state index contributed by atoms with van der Waals surface area (Å²) in [4.78, 5) is 0. The van der Waals surface area contributed by atoms with E-state index in [1.807, 2.05) is 60.7 Å². The number of hydrogen-bond donors (Lipinski definition) is 0. The van der Waals surface area contributed by atoms with E-state index in [0.717, 1.165) is 36.3 Å². The van der Waals surface area contributed by atoms with Crippen LogP contribution in [0.1, 0.15) is 32.1 Å². The van der Waals surface area contributed by atoms with Crippen LogP contribution < -0.4 is 10.6 Å². The highest BCUT2D eigenvalue weighted by Gasteiger charge is 2.46. The second kappa shape index (κ2) is 8.35. The van der Waals surface area contributed by atoms with E-state index in [0.29, 0.717) is 0 Å². The van der Waals surface area contributed by atoms with E-state index in [2.05, 4.69) is 12.1 Å². The van der Waals surface area contributed by atoms with Gasteiger partial charge in [-0.3, -0.25) is 0 Å². The van der Waals surface area contributed by atoms with Crippen LogP contribution in [-0.2, 0) is 4.57 Å². The van der Waals surface area contributed by atoms with Gasteiger partial charge >= 0.3 is 0 Å². The van der Waals surface area contributed by atoms with Crippen LogP contribution >= 0.6 is 7.14 Å². The zero-order chi connectivity index (χ0) is 18.4. The van der Waals surface area contributed by atoms with E-state index in [-0.39, 0.29) is 5.92 Å². The molecule has 0 aliphatic heterocycles. The van der Waals surface area contributed by atoms with Gasteiger partial charge in [0.2, 0.25) is 0 Å². The molecule has 4 heteroatoms. The molecular weight excluding hydrogens is 339 g/mol. The van der Waals surface area contributed by atoms with E-state index >= 15 is 0 Å². The summed E-state index contributed by atoms with van der Waals surface area (Å²) in [6.07, 6.45) is 5.21. The maximum absolute atomic E-state index is 14.7. The van der Waals surface area contributed by atoms with E-state index < -0.39 is 18.7 Å². The summed E-state index contributed by atoms with van der Waals surface area (Å²) in [6.45, 7) is 0. The third-order valence-corrected chi connectivity index (χ3v) is 9.14. The summed E-state index contributed by atoms with van der Waals surface area (Å²) in [7, 11) is -3.14. The Bertz CT molecular complexity index is 788. The average Bonchev–Trinajstić information content (AvgIpc) is 2.73. The highest BCUT2D eigenvalue weighted by molar-refractivity contribution is 7.79. The van der Waals surface area contributed by atoms with Crippen LogP contribution in [0.25, 0.3) is 0 Å². The van der Waals surface area contributed by atoms with Crippen LogP contribution in [-0.4, -0.2) is 5.66 Å². The Kier molecular flexibility index (Phi) is 5.92. The Morgan fingerprint density at radius 1 is 0.808 bits per heavy atom. The maximum atomic E-state index is 14.7. The van der Waals surface area contributed by atoms with Crippen LogP contribution in [0.2, 0.25) is 0 Å². The van der Waals surface area contributed by atoms with Crippen molar-refractivity contribution >= 4 is 17.8 Å². The molecule has 0 radical (unpaired) electrons. The van der Waals surface area contributed by atoms with Gasteiger partial charge in [0.05, 0.1) is 17.8 Å². The number of rotatable bonds is 5. The normalized spacial score (nSPS) is 16.6. The van der Waals surface area contributed by atoms with Crippen molar-refractivity contribution in [3.05, 3.63) is 60.7 Å². The minimum absolute atomic E-state index is 0.138. The first-order valence-corrected chi connectivity index (χ1v) is 11.0. The molecule has 2 aromatic rings. The summed E-state index contributed by atoms with van der Waals surface area (Å²) < 4.78 is 14.7. The molecule has 1 unspecified atom stereocenters. The zero-order valence-electron chi connectivity index (χ0n) is 14.8. The molecule has 26 heavy (non-hydrogen) atoms. The van der Waals surface area contributed by atoms with E-state index in [1.54, 1.807) is 0 Å². The molecule has 1 fully saturated rings. The molecule has 2 aromatic carbocycles.